The van der Waals surface area contributed by atoms with Gasteiger partial charge in [-0.2, -0.15) is 5.48 Å². The highest BCUT2D eigenvalue weighted by Crippen LogP contribution is 2.37. The smallest absolute Gasteiger partial charge is 0.0572 e. The number of hydrogen-bond donors (Lipinski definition) is 1. The third kappa shape index (κ3) is 2.96. The molecular weight excluding hydrogens is 162 g/mol. The van der Waals surface area contributed by atoms with Gasteiger partial charge in [0.2, 0.25) is 0 Å². The fraction of sp³-hybridized carbons (Fsp3) is 1.00. The van der Waals surface area contributed by atoms with Gasteiger partial charge in [0.1, 0.15) is 0 Å². The van der Waals surface area contributed by atoms with E-state index in [0.29, 0.717) is 11.5 Å². The molecular formula is C11H23NO. The van der Waals surface area contributed by atoms with Gasteiger partial charge in [-0.05, 0) is 24.2 Å². The number of hydrogen-bond acceptors (Lipinski definition) is 2. The Morgan fingerprint density at radius 1 is 1.15 bits per heavy atom. The van der Waals surface area contributed by atoms with Crippen LogP contribution in [0.3, 0.4) is 0 Å². The zero-order valence-corrected chi connectivity index (χ0v) is 9.39. The molecule has 2 atom stereocenters. The molecule has 0 saturated heterocycles. The third-order valence-corrected chi connectivity index (χ3v) is 3.15. The van der Waals surface area contributed by atoms with Crippen molar-refractivity contribution in [3.8, 4) is 0 Å². The van der Waals surface area contributed by atoms with E-state index in [9.17, 15) is 0 Å². The summed E-state index contributed by atoms with van der Waals surface area (Å²) >= 11 is 0. The van der Waals surface area contributed by atoms with Gasteiger partial charge in [-0.25, -0.2) is 0 Å². The maximum Gasteiger partial charge on any atom is 0.0572 e. The van der Waals surface area contributed by atoms with Gasteiger partial charge in [0.05, 0.1) is 7.11 Å². The van der Waals surface area contributed by atoms with Gasteiger partial charge in [-0.3, -0.25) is 0 Å². The lowest BCUT2D eigenvalue weighted by Crippen LogP contribution is -2.43. The number of nitrogens with one attached hydrogen (secondary N) is 1. The Morgan fingerprint density at radius 2 is 1.77 bits per heavy atom. The van der Waals surface area contributed by atoms with Crippen molar-refractivity contribution in [2.75, 3.05) is 7.11 Å². The molecule has 2 nitrogen and oxygen atoms in total. The zero-order chi connectivity index (χ0) is 9.90. The Bertz CT molecular complexity index is 149. The van der Waals surface area contributed by atoms with Crippen molar-refractivity contribution < 1.29 is 4.84 Å². The third-order valence-electron chi connectivity index (χ3n) is 3.15. The Kier molecular flexibility index (Phi) is 3.74. The van der Waals surface area contributed by atoms with Crippen LogP contribution in [-0.4, -0.2) is 13.2 Å². The van der Waals surface area contributed by atoms with E-state index in [2.05, 4.69) is 26.3 Å². The van der Waals surface area contributed by atoms with E-state index in [4.69, 9.17) is 4.84 Å². The van der Waals surface area contributed by atoms with E-state index < -0.39 is 0 Å². The maximum atomic E-state index is 5.06. The normalized spacial score (nSPS) is 30.5. The van der Waals surface area contributed by atoms with Gasteiger partial charge in [0, 0.05) is 6.04 Å². The van der Waals surface area contributed by atoms with Crippen LogP contribution in [0.1, 0.15) is 46.5 Å². The van der Waals surface area contributed by atoms with Gasteiger partial charge < -0.3 is 4.84 Å². The molecule has 0 aromatic rings. The van der Waals surface area contributed by atoms with Gasteiger partial charge in [-0.15, -0.1) is 0 Å². The minimum atomic E-state index is 0.399. The quantitative estimate of drug-likeness (QED) is 0.668. The summed E-state index contributed by atoms with van der Waals surface area (Å²) in [6.45, 7) is 6.98. The summed E-state index contributed by atoms with van der Waals surface area (Å²) in [5.74, 6) is 0.751. The average molecular weight is 185 g/mol. The molecule has 0 amide bonds. The lowest BCUT2D eigenvalue weighted by atomic mass is 9.70. The van der Waals surface area contributed by atoms with Crippen LogP contribution in [0.2, 0.25) is 0 Å². The van der Waals surface area contributed by atoms with Crippen molar-refractivity contribution in [2.45, 2.75) is 52.5 Å². The second kappa shape index (κ2) is 4.43. The standard InChI is InChI=1S/C11H23NO/c1-11(2,3)9-7-5-6-8-10(9)12-13-4/h9-10,12H,5-8H2,1-4H3. The van der Waals surface area contributed by atoms with Crippen LogP contribution < -0.4 is 5.48 Å². The molecule has 0 aromatic heterocycles. The molecule has 78 valence electrons. The lowest BCUT2D eigenvalue weighted by Gasteiger charge is -2.40. The van der Waals surface area contributed by atoms with E-state index in [-0.39, 0.29) is 0 Å². The molecule has 1 fully saturated rings. The highest BCUT2D eigenvalue weighted by Gasteiger charge is 2.33. The van der Waals surface area contributed by atoms with E-state index >= 15 is 0 Å². The van der Waals surface area contributed by atoms with E-state index in [1.165, 1.54) is 25.7 Å². The Morgan fingerprint density at radius 3 is 2.31 bits per heavy atom. The molecule has 0 aliphatic heterocycles. The fourth-order valence-electron chi connectivity index (χ4n) is 2.46. The summed E-state index contributed by atoms with van der Waals surface area (Å²) < 4.78 is 0. The molecule has 1 aliphatic rings. The summed E-state index contributed by atoms with van der Waals surface area (Å²) in [5.41, 5.74) is 3.54. The van der Waals surface area contributed by atoms with Gasteiger partial charge in [0.25, 0.3) is 0 Å². The van der Waals surface area contributed by atoms with E-state index in [1.54, 1.807) is 7.11 Å². The molecule has 0 bridgehead atoms. The number of hydroxylamine groups is 1. The van der Waals surface area contributed by atoms with E-state index in [1.807, 2.05) is 0 Å². The molecule has 2 unspecified atom stereocenters. The second-order valence-electron chi connectivity index (χ2n) is 5.19. The average Bonchev–Trinajstić information content (AvgIpc) is 2.04. The molecule has 1 N–H and O–H groups in total. The van der Waals surface area contributed by atoms with Gasteiger partial charge >= 0.3 is 0 Å². The van der Waals surface area contributed by atoms with Crippen LogP contribution in [0, 0.1) is 11.3 Å². The van der Waals surface area contributed by atoms with Gasteiger partial charge in [-0.1, -0.05) is 33.6 Å². The van der Waals surface area contributed by atoms with Crippen LogP contribution in [-0.2, 0) is 4.84 Å². The molecule has 13 heavy (non-hydrogen) atoms. The van der Waals surface area contributed by atoms with Crippen molar-refractivity contribution in [1.29, 1.82) is 0 Å². The minimum absolute atomic E-state index is 0.399. The first-order chi connectivity index (χ1) is 6.05. The first-order valence-electron chi connectivity index (χ1n) is 5.34. The summed E-state index contributed by atoms with van der Waals surface area (Å²) in [6, 6.07) is 0.554. The van der Waals surface area contributed by atoms with Crippen molar-refractivity contribution in [3.63, 3.8) is 0 Å². The van der Waals surface area contributed by atoms with Crippen LogP contribution in [0.4, 0.5) is 0 Å². The highest BCUT2D eigenvalue weighted by molar-refractivity contribution is 4.86. The Balaban J connectivity index is 2.56. The maximum absolute atomic E-state index is 5.06. The van der Waals surface area contributed by atoms with Crippen LogP contribution in [0.15, 0.2) is 0 Å². The number of rotatable bonds is 2. The predicted octanol–water partition coefficient (Wildman–Crippen LogP) is 2.74. The molecule has 0 aromatic carbocycles. The summed E-state index contributed by atoms with van der Waals surface area (Å²) in [7, 11) is 1.72. The first-order valence-corrected chi connectivity index (χ1v) is 5.34. The van der Waals surface area contributed by atoms with Crippen LogP contribution in [0.5, 0.6) is 0 Å². The Hall–Kier alpha value is -0.0800. The zero-order valence-electron chi connectivity index (χ0n) is 9.39. The van der Waals surface area contributed by atoms with Crippen molar-refractivity contribution >= 4 is 0 Å². The van der Waals surface area contributed by atoms with Crippen molar-refractivity contribution in [1.82, 2.24) is 5.48 Å². The molecule has 2 heteroatoms. The van der Waals surface area contributed by atoms with Crippen LogP contribution >= 0.6 is 0 Å². The highest BCUT2D eigenvalue weighted by atomic mass is 16.6. The van der Waals surface area contributed by atoms with Crippen molar-refractivity contribution in [3.05, 3.63) is 0 Å². The lowest BCUT2D eigenvalue weighted by molar-refractivity contribution is -0.000171. The van der Waals surface area contributed by atoms with E-state index in [0.717, 1.165) is 5.92 Å². The largest absolute Gasteiger partial charge is 0.305 e. The topological polar surface area (TPSA) is 21.3 Å². The first kappa shape index (κ1) is 11.0. The minimum Gasteiger partial charge on any atom is -0.305 e. The predicted molar refractivity (Wildman–Crippen MR) is 55.3 cm³/mol. The summed E-state index contributed by atoms with van der Waals surface area (Å²) in [4.78, 5) is 5.06. The van der Waals surface area contributed by atoms with Gasteiger partial charge in [0.15, 0.2) is 0 Å². The Labute approximate surface area is 82.0 Å². The molecule has 0 spiro atoms. The fourth-order valence-corrected chi connectivity index (χ4v) is 2.46. The molecule has 1 saturated carbocycles. The summed E-state index contributed by atoms with van der Waals surface area (Å²) in [5, 5.41) is 0. The molecule has 0 radical (unpaired) electrons. The molecule has 1 aliphatic carbocycles. The second-order valence-corrected chi connectivity index (χ2v) is 5.19. The van der Waals surface area contributed by atoms with Crippen LogP contribution in [0.25, 0.3) is 0 Å². The molecule has 0 heterocycles. The van der Waals surface area contributed by atoms with Crippen molar-refractivity contribution in [2.24, 2.45) is 11.3 Å². The monoisotopic (exact) mass is 185 g/mol. The molecule has 1 rings (SSSR count). The summed E-state index contributed by atoms with van der Waals surface area (Å²) in [6.07, 6.45) is 5.32. The SMILES string of the molecule is CONC1CCCCC1C(C)(C)C.